The van der Waals surface area contributed by atoms with Crippen LogP contribution in [0.4, 0.5) is 0 Å². The Hall–Kier alpha value is -1.35. The van der Waals surface area contributed by atoms with Gasteiger partial charge in [-0.05, 0) is 18.9 Å². The molecule has 1 aromatic rings. The minimum absolute atomic E-state index is 0.00283. The fourth-order valence-corrected chi connectivity index (χ4v) is 1.60. The lowest BCUT2D eigenvalue weighted by Gasteiger charge is -2.24. The number of carbonyl (C=O) groups excluding carboxylic acids is 1. The van der Waals surface area contributed by atoms with Crippen LogP contribution in [0, 0.1) is 0 Å². The predicted octanol–water partition coefficient (Wildman–Crippen LogP) is 2.20. The Bertz CT molecular complexity index is 346. The number of unbranched alkanes of at least 4 members (excludes halogenated alkanes) is 1. The van der Waals surface area contributed by atoms with E-state index >= 15 is 0 Å². The van der Waals surface area contributed by atoms with Gasteiger partial charge in [-0.1, -0.05) is 43.7 Å². The van der Waals surface area contributed by atoms with E-state index < -0.39 is 5.60 Å². The van der Waals surface area contributed by atoms with Gasteiger partial charge < -0.3 is 10.4 Å². The van der Waals surface area contributed by atoms with E-state index in [9.17, 15) is 9.90 Å². The van der Waals surface area contributed by atoms with Gasteiger partial charge in [0.25, 0.3) is 0 Å². The molecule has 3 nitrogen and oxygen atoms in total. The Kier molecular flexibility index (Phi) is 5.16. The summed E-state index contributed by atoms with van der Waals surface area (Å²) in [7, 11) is 0. The molecule has 0 saturated heterocycles. The molecule has 0 aliphatic carbocycles. The zero-order valence-corrected chi connectivity index (χ0v) is 10.6. The fourth-order valence-electron chi connectivity index (χ4n) is 1.60. The highest BCUT2D eigenvalue weighted by atomic mass is 16.3. The molecule has 94 valence electrons. The van der Waals surface area contributed by atoms with Gasteiger partial charge in [0.1, 0.15) is 5.60 Å². The van der Waals surface area contributed by atoms with Gasteiger partial charge >= 0.3 is 0 Å². The zero-order valence-electron chi connectivity index (χ0n) is 10.6. The monoisotopic (exact) mass is 235 g/mol. The van der Waals surface area contributed by atoms with Crippen LogP contribution in [0.3, 0.4) is 0 Å². The van der Waals surface area contributed by atoms with Crippen LogP contribution < -0.4 is 5.32 Å². The maximum Gasteiger partial charge on any atom is 0.220 e. The summed E-state index contributed by atoms with van der Waals surface area (Å²) in [6, 6.07) is 9.38. The molecule has 0 aromatic heterocycles. The average molecular weight is 235 g/mol. The highest BCUT2D eigenvalue weighted by Crippen LogP contribution is 2.18. The Morgan fingerprint density at radius 1 is 1.35 bits per heavy atom. The average Bonchev–Trinajstić information content (AvgIpc) is 2.35. The second kappa shape index (κ2) is 6.40. The number of amides is 1. The van der Waals surface area contributed by atoms with Crippen LogP contribution in [-0.4, -0.2) is 17.6 Å². The first-order valence-corrected chi connectivity index (χ1v) is 6.11. The molecule has 0 saturated carbocycles. The van der Waals surface area contributed by atoms with E-state index in [4.69, 9.17) is 0 Å². The second-order valence-corrected chi connectivity index (χ2v) is 4.52. The molecule has 17 heavy (non-hydrogen) atoms. The third-order valence-corrected chi connectivity index (χ3v) is 2.78. The number of hydrogen-bond acceptors (Lipinski definition) is 2. The Labute approximate surface area is 103 Å². The molecule has 0 aliphatic rings. The highest BCUT2D eigenvalue weighted by molar-refractivity contribution is 5.75. The van der Waals surface area contributed by atoms with Crippen LogP contribution in [0.2, 0.25) is 0 Å². The molecule has 1 atom stereocenters. The van der Waals surface area contributed by atoms with Crippen LogP contribution in [0.25, 0.3) is 0 Å². The van der Waals surface area contributed by atoms with Gasteiger partial charge in [0.2, 0.25) is 5.91 Å². The van der Waals surface area contributed by atoms with E-state index in [0.29, 0.717) is 6.42 Å². The van der Waals surface area contributed by atoms with Gasteiger partial charge in [-0.3, -0.25) is 4.79 Å². The first-order chi connectivity index (χ1) is 8.06. The Morgan fingerprint density at radius 3 is 2.59 bits per heavy atom. The van der Waals surface area contributed by atoms with E-state index in [-0.39, 0.29) is 12.5 Å². The molecule has 0 spiro atoms. The highest BCUT2D eigenvalue weighted by Gasteiger charge is 2.23. The van der Waals surface area contributed by atoms with Crippen LogP contribution in [0.1, 0.15) is 38.7 Å². The van der Waals surface area contributed by atoms with E-state index in [1.807, 2.05) is 37.3 Å². The SMILES string of the molecule is CCCCC(=O)NCC(C)(O)c1ccccc1. The number of nitrogens with one attached hydrogen (secondary N) is 1. The molecule has 0 radical (unpaired) electrons. The van der Waals surface area contributed by atoms with E-state index in [0.717, 1.165) is 18.4 Å². The topological polar surface area (TPSA) is 49.3 Å². The van der Waals surface area contributed by atoms with Crippen molar-refractivity contribution < 1.29 is 9.90 Å². The lowest BCUT2D eigenvalue weighted by Crippen LogP contribution is -2.38. The lowest BCUT2D eigenvalue weighted by atomic mass is 9.96. The maximum absolute atomic E-state index is 11.5. The molecule has 0 fully saturated rings. The molecule has 0 bridgehead atoms. The summed E-state index contributed by atoms with van der Waals surface area (Å²) in [5, 5.41) is 13.0. The minimum Gasteiger partial charge on any atom is -0.384 e. The Morgan fingerprint density at radius 2 is 2.00 bits per heavy atom. The summed E-state index contributed by atoms with van der Waals surface area (Å²) in [4.78, 5) is 11.5. The van der Waals surface area contributed by atoms with Crippen LogP contribution in [0.5, 0.6) is 0 Å². The molecule has 1 aromatic carbocycles. The first-order valence-electron chi connectivity index (χ1n) is 6.11. The normalized spacial score (nSPS) is 14.1. The summed E-state index contributed by atoms with van der Waals surface area (Å²) >= 11 is 0. The molecule has 1 amide bonds. The number of benzene rings is 1. The third kappa shape index (κ3) is 4.57. The number of aliphatic hydroxyl groups is 1. The molecule has 0 aliphatic heterocycles. The summed E-state index contributed by atoms with van der Waals surface area (Å²) in [5.41, 5.74) is -0.195. The van der Waals surface area contributed by atoms with Gasteiger partial charge in [0.05, 0.1) is 6.54 Å². The Balaban J connectivity index is 2.48. The van der Waals surface area contributed by atoms with E-state index in [1.165, 1.54) is 0 Å². The molecule has 3 heteroatoms. The number of rotatable bonds is 6. The second-order valence-electron chi connectivity index (χ2n) is 4.52. The zero-order chi connectivity index (χ0) is 12.7. The lowest BCUT2D eigenvalue weighted by molar-refractivity contribution is -0.122. The standard InChI is InChI=1S/C14H21NO2/c1-3-4-10-13(16)15-11-14(2,17)12-8-6-5-7-9-12/h5-9,17H,3-4,10-11H2,1-2H3,(H,15,16). The third-order valence-electron chi connectivity index (χ3n) is 2.78. The van der Waals surface area contributed by atoms with Crippen molar-refractivity contribution in [3.63, 3.8) is 0 Å². The summed E-state index contributed by atoms with van der Waals surface area (Å²) in [5.74, 6) is 0.00283. The first kappa shape index (κ1) is 13.7. The van der Waals surface area contributed by atoms with Crippen molar-refractivity contribution in [3.8, 4) is 0 Å². The fraction of sp³-hybridized carbons (Fsp3) is 0.500. The minimum atomic E-state index is -1.01. The summed E-state index contributed by atoms with van der Waals surface area (Å²) in [6.45, 7) is 4.01. The predicted molar refractivity (Wildman–Crippen MR) is 68.5 cm³/mol. The van der Waals surface area contributed by atoms with Crippen molar-refractivity contribution in [3.05, 3.63) is 35.9 Å². The molecular weight excluding hydrogens is 214 g/mol. The van der Waals surface area contributed by atoms with Crippen LogP contribution >= 0.6 is 0 Å². The summed E-state index contributed by atoms with van der Waals surface area (Å²) < 4.78 is 0. The van der Waals surface area contributed by atoms with Gasteiger partial charge in [-0.25, -0.2) is 0 Å². The van der Waals surface area contributed by atoms with Gasteiger partial charge in [0.15, 0.2) is 0 Å². The number of hydrogen-bond donors (Lipinski definition) is 2. The largest absolute Gasteiger partial charge is 0.384 e. The van der Waals surface area contributed by atoms with Crippen molar-refractivity contribution in [2.75, 3.05) is 6.54 Å². The van der Waals surface area contributed by atoms with Crippen molar-refractivity contribution in [2.45, 2.75) is 38.7 Å². The number of carbonyl (C=O) groups is 1. The van der Waals surface area contributed by atoms with Crippen molar-refractivity contribution in [2.24, 2.45) is 0 Å². The van der Waals surface area contributed by atoms with Gasteiger partial charge in [-0.2, -0.15) is 0 Å². The molecule has 1 unspecified atom stereocenters. The molecular formula is C14H21NO2. The van der Waals surface area contributed by atoms with Crippen LogP contribution in [-0.2, 0) is 10.4 Å². The maximum atomic E-state index is 11.5. The van der Waals surface area contributed by atoms with E-state index in [2.05, 4.69) is 5.32 Å². The summed E-state index contributed by atoms with van der Waals surface area (Å²) in [6.07, 6.45) is 2.42. The molecule has 2 N–H and O–H groups in total. The van der Waals surface area contributed by atoms with Crippen molar-refractivity contribution in [1.29, 1.82) is 0 Å². The quantitative estimate of drug-likeness (QED) is 0.794. The van der Waals surface area contributed by atoms with Gasteiger partial charge in [0, 0.05) is 6.42 Å². The smallest absolute Gasteiger partial charge is 0.220 e. The van der Waals surface area contributed by atoms with Crippen molar-refractivity contribution >= 4 is 5.91 Å². The van der Waals surface area contributed by atoms with E-state index in [1.54, 1.807) is 6.92 Å². The van der Waals surface area contributed by atoms with Crippen molar-refractivity contribution in [1.82, 2.24) is 5.32 Å². The molecule has 1 rings (SSSR count). The molecule has 0 heterocycles. The van der Waals surface area contributed by atoms with Crippen LogP contribution in [0.15, 0.2) is 30.3 Å². The van der Waals surface area contributed by atoms with Gasteiger partial charge in [-0.15, -0.1) is 0 Å².